The van der Waals surface area contributed by atoms with Gasteiger partial charge in [0.2, 0.25) is 11.1 Å². The van der Waals surface area contributed by atoms with E-state index in [1.165, 1.54) is 11.7 Å². The molecular formula is C6H10N6O2S. The van der Waals surface area contributed by atoms with Gasteiger partial charge in [0.25, 0.3) is 0 Å². The van der Waals surface area contributed by atoms with Crippen molar-refractivity contribution in [1.29, 1.82) is 0 Å². The number of nitrogens with zero attached hydrogens (tertiary/aromatic N) is 4. The minimum atomic E-state index is -0.531. The van der Waals surface area contributed by atoms with E-state index in [4.69, 9.17) is 0 Å². The van der Waals surface area contributed by atoms with Gasteiger partial charge in [-0.2, -0.15) is 0 Å². The SMILES string of the molecule is CNC(=O)NC(=O)CSc1nnnn1C. The fraction of sp³-hybridized carbons (Fsp3) is 0.500. The van der Waals surface area contributed by atoms with Crippen LogP contribution in [0.1, 0.15) is 0 Å². The van der Waals surface area contributed by atoms with Gasteiger partial charge in [0.15, 0.2) is 0 Å². The van der Waals surface area contributed by atoms with Gasteiger partial charge < -0.3 is 5.32 Å². The molecule has 9 heteroatoms. The quantitative estimate of drug-likeness (QED) is 0.630. The summed E-state index contributed by atoms with van der Waals surface area (Å²) >= 11 is 1.15. The third-order valence-electron chi connectivity index (χ3n) is 1.39. The zero-order valence-corrected chi connectivity index (χ0v) is 9.04. The Kier molecular flexibility index (Phi) is 4.03. The molecule has 0 radical (unpaired) electrons. The van der Waals surface area contributed by atoms with Crippen molar-refractivity contribution in [3.63, 3.8) is 0 Å². The summed E-state index contributed by atoms with van der Waals surface area (Å²) in [6, 6.07) is -0.531. The Morgan fingerprint density at radius 3 is 2.80 bits per heavy atom. The van der Waals surface area contributed by atoms with Crippen molar-refractivity contribution in [3.8, 4) is 0 Å². The number of aryl methyl sites for hydroxylation is 1. The van der Waals surface area contributed by atoms with Crippen LogP contribution in [0.15, 0.2) is 5.16 Å². The van der Waals surface area contributed by atoms with E-state index in [1.54, 1.807) is 7.05 Å². The molecule has 0 saturated heterocycles. The number of urea groups is 1. The molecule has 0 bridgehead atoms. The summed E-state index contributed by atoms with van der Waals surface area (Å²) < 4.78 is 1.44. The van der Waals surface area contributed by atoms with Gasteiger partial charge in [-0.1, -0.05) is 11.8 Å². The van der Waals surface area contributed by atoms with Gasteiger partial charge in [0.05, 0.1) is 5.75 Å². The predicted octanol–water partition coefficient (Wildman–Crippen LogP) is -1.24. The Morgan fingerprint density at radius 2 is 2.27 bits per heavy atom. The van der Waals surface area contributed by atoms with Gasteiger partial charge >= 0.3 is 6.03 Å². The molecule has 0 saturated carbocycles. The summed E-state index contributed by atoms with van der Waals surface area (Å²) in [4.78, 5) is 21.9. The lowest BCUT2D eigenvalue weighted by atomic mass is 10.7. The number of imide groups is 1. The van der Waals surface area contributed by atoms with Crippen LogP contribution in [-0.4, -0.2) is 44.9 Å². The molecule has 1 rings (SSSR count). The van der Waals surface area contributed by atoms with E-state index in [0.29, 0.717) is 5.16 Å². The van der Waals surface area contributed by atoms with Gasteiger partial charge in [0, 0.05) is 14.1 Å². The maximum atomic E-state index is 11.1. The largest absolute Gasteiger partial charge is 0.341 e. The van der Waals surface area contributed by atoms with Crippen molar-refractivity contribution in [3.05, 3.63) is 0 Å². The summed E-state index contributed by atoms with van der Waals surface area (Å²) in [5.74, 6) is -0.316. The Hall–Kier alpha value is -1.64. The van der Waals surface area contributed by atoms with E-state index in [9.17, 15) is 9.59 Å². The van der Waals surface area contributed by atoms with Crippen LogP contribution >= 0.6 is 11.8 Å². The van der Waals surface area contributed by atoms with Crippen LogP contribution in [0, 0.1) is 0 Å². The molecule has 0 aliphatic carbocycles. The molecule has 0 atom stereocenters. The lowest BCUT2D eigenvalue weighted by Crippen LogP contribution is -2.38. The fourth-order valence-corrected chi connectivity index (χ4v) is 1.35. The van der Waals surface area contributed by atoms with Crippen molar-refractivity contribution < 1.29 is 9.59 Å². The lowest BCUT2D eigenvalue weighted by molar-refractivity contribution is -0.117. The maximum absolute atomic E-state index is 11.1. The van der Waals surface area contributed by atoms with Crippen LogP contribution in [0.5, 0.6) is 0 Å². The van der Waals surface area contributed by atoms with E-state index in [2.05, 4.69) is 26.2 Å². The molecule has 82 valence electrons. The molecule has 0 aromatic carbocycles. The number of amides is 3. The number of hydrogen-bond donors (Lipinski definition) is 2. The zero-order chi connectivity index (χ0) is 11.3. The number of carbonyl (C=O) groups is 2. The van der Waals surface area contributed by atoms with Gasteiger partial charge in [0.1, 0.15) is 0 Å². The van der Waals surface area contributed by atoms with Crippen molar-refractivity contribution in [2.75, 3.05) is 12.8 Å². The van der Waals surface area contributed by atoms with Gasteiger partial charge in [-0.05, 0) is 10.4 Å². The number of thioether (sulfide) groups is 1. The highest BCUT2D eigenvalue weighted by molar-refractivity contribution is 7.99. The van der Waals surface area contributed by atoms with E-state index >= 15 is 0 Å². The molecule has 1 aromatic rings. The van der Waals surface area contributed by atoms with E-state index < -0.39 is 11.9 Å². The number of aromatic nitrogens is 4. The molecule has 15 heavy (non-hydrogen) atoms. The van der Waals surface area contributed by atoms with Crippen LogP contribution in [-0.2, 0) is 11.8 Å². The minimum Gasteiger partial charge on any atom is -0.341 e. The van der Waals surface area contributed by atoms with Gasteiger partial charge in [-0.3, -0.25) is 10.1 Å². The first-order valence-electron chi connectivity index (χ1n) is 4.00. The van der Waals surface area contributed by atoms with Gasteiger partial charge in [-0.25, -0.2) is 9.48 Å². The van der Waals surface area contributed by atoms with E-state index in [1.807, 2.05) is 0 Å². The topological polar surface area (TPSA) is 102 Å². The Balaban J connectivity index is 2.35. The van der Waals surface area contributed by atoms with Crippen molar-refractivity contribution in [2.24, 2.45) is 7.05 Å². The molecule has 0 spiro atoms. The number of rotatable bonds is 3. The third kappa shape index (κ3) is 3.54. The normalized spacial score (nSPS) is 9.73. The molecule has 2 N–H and O–H groups in total. The smallest absolute Gasteiger partial charge is 0.321 e. The summed E-state index contributed by atoms with van der Waals surface area (Å²) in [6.45, 7) is 0. The molecular weight excluding hydrogens is 220 g/mol. The van der Waals surface area contributed by atoms with Crippen LogP contribution in [0.4, 0.5) is 4.79 Å². The Labute approximate surface area is 89.8 Å². The summed E-state index contributed by atoms with van der Waals surface area (Å²) in [5, 5.41) is 15.6. The van der Waals surface area contributed by atoms with Crippen LogP contribution in [0.2, 0.25) is 0 Å². The molecule has 0 aliphatic heterocycles. The monoisotopic (exact) mass is 230 g/mol. The predicted molar refractivity (Wildman–Crippen MR) is 52.1 cm³/mol. The summed E-state index contributed by atoms with van der Waals surface area (Å²) in [7, 11) is 3.10. The average Bonchev–Trinajstić information content (AvgIpc) is 2.61. The van der Waals surface area contributed by atoms with Crippen LogP contribution in [0.25, 0.3) is 0 Å². The van der Waals surface area contributed by atoms with Crippen LogP contribution in [0.3, 0.4) is 0 Å². The molecule has 0 unspecified atom stereocenters. The number of carbonyl (C=O) groups excluding carboxylic acids is 2. The first kappa shape index (κ1) is 11.4. The number of nitrogens with one attached hydrogen (secondary N) is 2. The van der Waals surface area contributed by atoms with Crippen molar-refractivity contribution in [2.45, 2.75) is 5.16 Å². The highest BCUT2D eigenvalue weighted by Crippen LogP contribution is 2.10. The zero-order valence-electron chi connectivity index (χ0n) is 8.22. The standard InChI is InChI=1S/C6H10N6O2S/c1-7-5(14)8-4(13)3-15-6-9-10-11-12(6)2/h3H2,1-2H3,(H2,7,8,13,14). The highest BCUT2D eigenvalue weighted by atomic mass is 32.2. The third-order valence-corrected chi connectivity index (χ3v) is 2.40. The first-order valence-corrected chi connectivity index (χ1v) is 4.98. The van der Waals surface area contributed by atoms with Crippen molar-refractivity contribution >= 4 is 23.7 Å². The molecule has 8 nitrogen and oxygen atoms in total. The van der Waals surface area contributed by atoms with Gasteiger partial charge in [-0.15, -0.1) is 5.10 Å². The van der Waals surface area contributed by atoms with Crippen molar-refractivity contribution in [1.82, 2.24) is 30.8 Å². The average molecular weight is 230 g/mol. The van der Waals surface area contributed by atoms with E-state index in [0.717, 1.165) is 11.8 Å². The highest BCUT2D eigenvalue weighted by Gasteiger charge is 2.09. The first-order chi connectivity index (χ1) is 7.13. The second-order valence-corrected chi connectivity index (χ2v) is 3.44. The number of tetrazole rings is 1. The molecule has 0 aliphatic rings. The Morgan fingerprint density at radius 1 is 1.53 bits per heavy atom. The van der Waals surface area contributed by atoms with Crippen LogP contribution < -0.4 is 10.6 Å². The second-order valence-electron chi connectivity index (χ2n) is 2.50. The summed E-state index contributed by atoms with van der Waals surface area (Å²) in [5.41, 5.74) is 0. The molecule has 0 fully saturated rings. The maximum Gasteiger partial charge on any atom is 0.321 e. The number of hydrogen-bond acceptors (Lipinski definition) is 6. The molecule has 3 amide bonds. The Bertz CT molecular complexity index is 364. The summed E-state index contributed by atoms with van der Waals surface area (Å²) in [6.07, 6.45) is 0. The fourth-order valence-electron chi connectivity index (χ4n) is 0.699. The molecule has 1 aromatic heterocycles. The molecule has 1 heterocycles. The second kappa shape index (κ2) is 5.29. The lowest BCUT2D eigenvalue weighted by Gasteiger charge is -2.01. The minimum absolute atomic E-state index is 0.0850. The van der Waals surface area contributed by atoms with E-state index in [-0.39, 0.29) is 5.75 Å².